The molecule has 1 aliphatic heterocycles. The van der Waals surface area contributed by atoms with Gasteiger partial charge in [0.15, 0.2) is 5.78 Å². The van der Waals surface area contributed by atoms with E-state index in [1.54, 1.807) is 55.6 Å². The summed E-state index contributed by atoms with van der Waals surface area (Å²) in [6.07, 6.45) is 5.11. The summed E-state index contributed by atoms with van der Waals surface area (Å²) in [7, 11) is 1.52. The first-order valence-electron chi connectivity index (χ1n) is 10.6. The molecular formula is C27H20Cl2FNO4. The van der Waals surface area contributed by atoms with Crippen molar-refractivity contribution in [1.29, 1.82) is 0 Å². The SMILES string of the molecule is COc1ccc(-c2cc(C(=O)O)c(F)cc2C)cc1CC1(C(=O)c2ccc(Cl)cc2Cl)C=CC=N1. The summed E-state index contributed by atoms with van der Waals surface area (Å²) in [6, 6.07) is 12.4. The summed E-state index contributed by atoms with van der Waals surface area (Å²) in [6.45, 7) is 1.70. The number of carbonyl (C=O) groups is 2. The van der Waals surface area contributed by atoms with Gasteiger partial charge < -0.3 is 9.84 Å². The number of ketones is 1. The van der Waals surface area contributed by atoms with Crippen molar-refractivity contribution >= 4 is 41.2 Å². The first-order chi connectivity index (χ1) is 16.6. The highest BCUT2D eigenvalue weighted by Gasteiger charge is 2.39. The number of benzene rings is 3. The maximum atomic E-state index is 14.1. The third-order valence-corrected chi connectivity index (χ3v) is 6.48. The van der Waals surface area contributed by atoms with Gasteiger partial charge in [0.05, 0.1) is 17.7 Å². The fraction of sp³-hybridized carbons (Fsp3) is 0.148. The first kappa shape index (κ1) is 24.6. The smallest absolute Gasteiger partial charge is 0.338 e. The number of carbonyl (C=O) groups excluding carboxylic acids is 1. The number of hydrogen-bond acceptors (Lipinski definition) is 4. The Labute approximate surface area is 211 Å². The molecule has 0 aliphatic carbocycles. The minimum absolute atomic E-state index is 0.154. The molecule has 0 radical (unpaired) electrons. The van der Waals surface area contributed by atoms with Crippen LogP contribution < -0.4 is 4.74 Å². The summed E-state index contributed by atoms with van der Waals surface area (Å²) in [4.78, 5) is 29.6. The third-order valence-electron chi connectivity index (χ3n) is 5.93. The molecule has 1 N–H and O–H groups in total. The summed E-state index contributed by atoms with van der Waals surface area (Å²) < 4.78 is 19.7. The van der Waals surface area contributed by atoms with E-state index in [0.717, 1.165) is 0 Å². The van der Waals surface area contributed by atoms with E-state index in [1.807, 2.05) is 0 Å². The molecule has 0 fully saturated rings. The molecule has 1 atom stereocenters. The molecule has 0 amide bonds. The highest BCUT2D eigenvalue weighted by molar-refractivity contribution is 6.37. The molecule has 3 aromatic carbocycles. The quantitative estimate of drug-likeness (QED) is 0.361. The molecule has 0 spiro atoms. The maximum Gasteiger partial charge on any atom is 0.338 e. The minimum Gasteiger partial charge on any atom is -0.496 e. The van der Waals surface area contributed by atoms with Gasteiger partial charge in [0.25, 0.3) is 0 Å². The zero-order valence-electron chi connectivity index (χ0n) is 18.8. The Morgan fingerprint density at radius 2 is 1.86 bits per heavy atom. The van der Waals surface area contributed by atoms with E-state index < -0.39 is 22.9 Å². The highest BCUT2D eigenvalue weighted by Crippen LogP contribution is 2.36. The number of aryl methyl sites for hydroxylation is 1. The van der Waals surface area contributed by atoms with Gasteiger partial charge in [0.1, 0.15) is 17.1 Å². The molecule has 0 aromatic heterocycles. The lowest BCUT2D eigenvalue weighted by Crippen LogP contribution is -2.36. The van der Waals surface area contributed by atoms with Gasteiger partial charge >= 0.3 is 5.97 Å². The minimum atomic E-state index is -1.35. The predicted octanol–water partition coefficient (Wildman–Crippen LogP) is 6.62. The average Bonchev–Trinajstić information content (AvgIpc) is 3.28. The van der Waals surface area contributed by atoms with Crippen molar-refractivity contribution in [2.75, 3.05) is 7.11 Å². The summed E-state index contributed by atoms with van der Waals surface area (Å²) in [5, 5.41) is 9.99. The molecule has 0 saturated carbocycles. The van der Waals surface area contributed by atoms with Gasteiger partial charge in [-0.15, -0.1) is 0 Å². The maximum absolute atomic E-state index is 14.1. The number of rotatable bonds is 7. The Morgan fingerprint density at radius 1 is 1.09 bits per heavy atom. The molecule has 8 heteroatoms. The van der Waals surface area contributed by atoms with Crippen molar-refractivity contribution in [3.63, 3.8) is 0 Å². The Balaban J connectivity index is 1.80. The van der Waals surface area contributed by atoms with Crippen molar-refractivity contribution in [3.05, 3.63) is 98.8 Å². The van der Waals surface area contributed by atoms with Crippen LogP contribution in [0.4, 0.5) is 4.39 Å². The fourth-order valence-electron chi connectivity index (χ4n) is 4.17. The average molecular weight is 512 g/mol. The number of ether oxygens (including phenoxy) is 1. The monoisotopic (exact) mass is 511 g/mol. The Bertz CT molecular complexity index is 1400. The first-order valence-corrected chi connectivity index (χ1v) is 11.3. The highest BCUT2D eigenvalue weighted by atomic mass is 35.5. The topological polar surface area (TPSA) is 76.0 Å². The van der Waals surface area contributed by atoms with Crippen LogP contribution in [0.1, 0.15) is 31.8 Å². The molecule has 1 unspecified atom stereocenters. The van der Waals surface area contributed by atoms with Crippen LogP contribution in [-0.4, -0.2) is 35.7 Å². The standard InChI is InChI=1S/C27H20Cl2FNO4/c1-15-10-23(30)21(26(33)34)13-20(15)16-4-7-24(35-2)17(11-16)14-27(8-3-9-31-27)25(32)19-6-5-18(28)12-22(19)29/h3-13H,14H2,1-2H3,(H,33,34). The summed E-state index contributed by atoms with van der Waals surface area (Å²) in [5.41, 5.74) is 1.05. The van der Waals surface area contributed by atoms with Crippen LogP contribution in [0.3, 0.4) is 0 Å². The second-order valence-electron chi connectivity index (χ2n) is 8.17. The van der Waals surface area contributed by atoms with E-state index in [2.05, 4.69) is 4.99 Å². The lowest BCUT2D eigenvalue weighted by molar-refractivity contribution is 0.0691. The second kappa shape index (κ2) is 9.64. The summed E-state index contributed by atoms with van der Waals surface area (Å²) in [5.74, 6) is -1.94. The van der Waals surface area contributed by atoms with Gasteiger partial charge in [0.2, 0.25) is 0 Å². The van der Waals surface area contributed by atoms with E-state index >= 15 is 0 Å². The zero-order valence-corrected chi connectivity index (χ0v) is 20.3. The van der Waals surface area contributed by atoms with Crippen molar-refractivity contribution in [2.24, 2.45) is 4.99 Å². The number of Topliss-reactive ketones (excluding diaryl/α,β-unsaturated/α-hetero) is 1. The number of carboxylic acids is 1. The van der Waals surface area contributed by atoms with Crippen LogP contribution in [0, 0.1) is 12.7 Å². The predicted molar refractivity (Wildman–Crippen MR) is 135 cm³/mol. The summed E-state index contributed by atoms with van der Waals surface area (Å²) >= 11 is 12.3. The van der Waals surface area contributed by atoms with Crippen LogP contribution in [-0.2, 0) is 6.42 Å². The molecule has 0 saturated heterocycles. The van der Waals surface area contributed by atoms with Crippen LogP contribution in [0.15, 0.2) is 65.7 Å². The number of aliphatic imine (C=N–C) groups is 1. The normalized spacial score (nSPS) is 16.5. The van der Waals surface area contributed by atoms with Gasteiger partial charge in [-0.25, -0.2) is 9.18 Å². The van der Waals surface area contributed by atoms with Gasteiger partial charge in [0, 0.05) is 23.2 Å². The van der Waals surface area contributed by atoms with Crippen LogP contribution in [0.25, 0.3) is 11.1 Å². The number of hydrogen-bond donors (Lipinski definition) is 1. The Kier molecular flexibility index (Phi) is 6.79. The number of halogens is 3. The molecular weight excluding hydrogens is 492 g/mol. The van der Waals surface area contributed by atoms with Crippen molar-refractivity contribution in [1.82, 2.24) is 0 Å². The van der Waals surface area contributed by atoms with Gasteiger partial charge in [-0.2, -0.15) is 0 Å². The van der Waals surface area contributed by atoms with Crippen LogP contribution >= 0.6 is 23.2 Å². The van der Waals surface area contributed by atoms with E-state index in [4.69, 9.17) is 27.9 Å². The number of nitrogens with zero attached hydrogens (tertiary/aromatic N) is 1. The molecule has 178 valence electrons. The van der Waals surface area contributed by atoms with E-state index in [-0.39, 0.29) is 22.8 Å². The Hall–Kier alpha value is -3.48. The molecule has 5 nitrogen and oxygen atoms in total. The fourth-order valence-corrected chi connectivity index (χ4v) is 4.66. The van der Waals surface area contributed by atoms with Crippen molar-refractivity contribution in [2.45, 2.75) is 18.9 Å². The van der Waals surface area contributed by atoms with Crippen molar-refractivity contribution < 1.29 is 23.8 Å². The largest absolute Gasteiger partial charge is 0.496 e. The van der Waals surface area contributed by atoms with Gasteiger partial charge in [-0.3, -0.25) is 9.79 Å². The van der Waals surface area contributed by atoms with E-state index in [0.29, 0.717) is 33.0 Å². The third kappa shape index (κ3) is 4.72. The second-order valence-corrected chi connectivity index (χ2v) is 9.01. The van der Waals surface area contributed by atoms with E-state index in [1.165, 1.54) is 25.3 Å². The van der Waals surface area contributed by atoms with Gasteiger partial charge in [-0.05, 0) is 83.8 Å². The van der Waals surface area contributed by atoms with Crippen LogP contribution in [0.2, 0.25) is 10.0 Å². The number of aromatic carboxylic acids is 1. The number of carboxylic acid groups (broad SMARTS) is 1. The van der Waals surface area contributed by atoms with Gasteiger partial charge in [-0.1, -0.05) is 29.3 Å². The molecule has 1 aliphatic rings. The van der Waals surface area contributed by atoms with Crippen molar-refractivity contribution in [3.8, 4) is 16.9 Å². The molecule has 3 aromatic rings. The van der Waals surface area contributed by atoms with E-state index in [9.17, 15) is 19.1 Å². The molecule has 0 bridgehead atoms. The lowest BCUT2D eigenvalue weighted by atomic mass is 9.83. The van der Waals surface area contributed by atoms with Crippen LogP contribution in [0.5, 0.6) is 5.75 Å². The molecule has 1 heterocycles. The molecule has 4 rings (SSSR count). The number of methoxy groups -OCH3 is 1. The Morgan fingerprint density at radius 3 is 2.49 bits per heavy atom. The lowest BCUT2D eigenvalue weighted by Gasteiger charge is -2.25. The number of allylic oxidation sites excluding steroid dienone is 1. The zero-order chi connectivity index (χ0) is 25.3. The molecule has 35 heavy (non-hydrogen) atoms.